The molecule has 3 heterocycles. The molecule has 0 amide bonds. The largest absolute Gasteiger partial charge is 0.478 e. The maximum atomic E-state index is 12.6. The Morgan fingerprint density at radius 1 is 0.738 bits per heavy atom. The first-order chi connectivity index (χ1) is 28.4. The molecule has 3 aliphatic rings. The Bertz CT molecular complexity index is 3450. The minimum atomic E-state index is -4.62. The van der Waals surface area contributed by atoms with Gasteiger partial charge in [0, 0.05) is 45.8 Å². The van der Waals surface area contributed by atoms with Crippen LogP contribution in [0.3, 0.4) is 0 Å². The van der Waals surface area contributed by atoms with E-state index in [0.29, 0.717) is 74.2 Å². The second-order valence-corrected chi connectivity index (χ2v) is 21.8. The Hall–Kier alpha value is -5.43. The van der Waals surface area contributed by atoms with Crippen LogP contribution < -0.4 is 24.8 Å². The maximum Gasteiger partial charge on any atom is 0.335 e. The molecule has 0 saturated carbocycles. The molecule has 0 spiro atoms. The number of hydrogen-bond acceptors (Lipinski definition) is 9. The van der Waals surface area contributed by atoms with Crippen molar-refractivity contribution < 1.29 is 53.5 Å². The zero-order valence-corrected chi connectivity index (χ0v) is 35.9. The molecule has 6 aromatic rings. The van der Waals surface area contributed by atoms with Gasteiger partial charge in [-0.15, -0.1) is 0 Å². The Labute approximate surface area is 351 Å². The van der Waals surface area contributed by atoms with E-state index in [1.807, 2.05) is 18.2 Å². The van der Waals surface area contributed by atoms with Crippen molar-refractivity contribution in [1.29, 1.82) is 0 Å². The first-order valence-corrected chi connectivity index (χ1v) is 23.9. The molecule has 9 rings (SSSR count). The van der Waals surface area contributed by atoms with Gasteiger partial charge in [-0.2, -0.15) is 25.3 Å². The summed E-state index contributed by atoms with van der Waals surface area (Å²) in [4.78, 5) is 13.1. The van der Waals surface area contributed by atoms with Crippen molar-refractivity contribution in [3.05, 3.63) is 111 Å². The molecule has 316 valence electrons. The first kappa shape index (κ1) is 40.9. The smallest absolute Gasteiger partial charge is 0.335 e. The maximum absolute atomic E-state index is 12.6. The number of benzene rings is 6. The van der Waals surface area contributed by atoms with Gasteiger partial charge in [-0.25, -0.2) is 9.37 Å². The number of aromatic carboxylic acids is 1. The zero-order chi connectivity index (χ0) is 43.8. The Balaban J connectivity index is 1.38. The molecule has 0 atom stereocenters. The molecule has 61 heavy (non-hydrogen) atoms. The number of rotatable bonds is 9. The number of carbonyl (C=O) groups is 1. The van der Waals surface area contributed by atoms with E-state index in [1.54, 1.807) is 24.3 Å². The standard InChI is InChI=1S/C44H40N2O12S3/c1-43(2)22-45(14-5-15-59(49,50)51)38-32-18-27-16-28(60(52,53)54)11-10-26(27)17-31(32)35-20-34-30-13-12-29(61(55,56)57)19-33(30)39-37(40(34)58-41(35)36(38)43)44(3,4)23-46(39)21-24-6-8-25(9-7-24)42(47)48/h6-13,16-20H,5,14-15,21-23H2,1-4H3,(H3-,47,48,49,50,51,52,53,54,55,56,57)/p+1. The van der Waals surface area contributed by atoms with E-state index < -0.39 is 52.9 Å². The molecule has 0 aromatic heterocycles. The molecule has 0 radical (unpaired) electrons. The summed E-state index contributed by atoms with van der Waals surface area (Å²) in [6, 6.07) is 19.1. The van der Waals surface area contributed by atoms with Crippen LogP contribution in [0.15, 0.2) is 82.6 Å². The van der Waals surface area contributed by atoms with Gasteiger partial charge in [0.15, 0.2) is 13.1 Å². The first-order valence-electron chi connectivity index (χ1n) is 19.4. The van der Waals surface area contributed by atoms with Crippen molar-refractivity contribution in [3.63, 3.8) is 0 Å². The van der Waals surface area contributed by atoms with Crippen LogP contribution >= 0.6 is 0 Å². The number of anilines is 1. The van der Waals surface area contributed by atoms with Gasteiger partial charge in [0.2, 0.25) is 5.36 Å². The van der Waals surface area contributed by atoms with Crippen molar-refractivity contribution in [2.24, 2.45) is 0 Å². The van der Waals surface area contributed by atoms with Gasteiger partial charge in [0.25, 0.3) is 30.4 Å². The number of hydrogen-bond donors (Lipinski definition) is 4. The third-order valence-corrected chi connectivity index (χ3v) is 14.6. The molecule has 17 heteroatoms. The zero-order valence-electron chi connectivity index (χ0n) is 33.4. The summed E-state index contributed by atoms with van der Waals surface area (Å²) < 4.78 is 112. The van der Waals surface area contributed by atoms with Crippen molar-refractivity contribution in [2.75, 3.05) is 30.3 Å². The highest BCUT2D eigenvalue weighted by atomic mass is 32.2. The number of carboxylic acid groups (broad SMARTS) is 1. The fourth-order valence-electron chi connectivity index (χ4n) is 9.63. The normalized spacial score (nSPS) is 16.6. The Morgan fingerprint density at radius 3 is 2.05 bits per heavy atom. The highest BCUT2D eigenvalue weighted by molar-refractivity contribution is 7.86. The lowest BCUT2D eigenvalue weighted by molar-refractivity contribution is 0.0696. The molecule has 14 nitrogen and oxygen atoms in total. The fraction of sp³-hybridized carbons (Fsp3) is 0.273. The molecule has 4 N–H and O–H groups in total. The van der Waals surface area contributed by atoms with Crippen LogP contribution in [-0.2, 0) is 47.7 Å². The van der Waals surface area contributed by atoms with Crippen molar-refractivity contribution in [1.82, 2.24) is 4.58 Å². The van der Waals surface area contributed by atoms with Crippen LogP contribution in [0.25, 0.3) is 38.4 Å². The van der Waals surface area contributed by atoms with Gasteiger partial charge in [-0.05, 0) is 96.4 Å². The van der Waals surface area contributed by atoms with Crippen molar-refractivity contribution >= 4 is 80.4 Å². The van der Waals surface area contributed by atoms with Crippen LogP contribution in [0.1, 0.15) is 66.7 Å². The molecular formula is C44H41N2O12S3+. The second-order valence-electron chi connectivity index (χ2n) is 17.4. The van der Waals surface area contributed by atoms with E-state index in [2.05, 4.69) is 37.2 Å². The van der Waals surface area contributed by atoms with E-state index in [0.717, 1.165) is 27.8 Å². The van der Waals surface area contributed by atoms with E-state index >= 15 is 0 Å². The average molecular weight is 886 g/mol. The summed E-state index contributed by atoms with van der Waals surface area (Å²) in [5, 5.41) is 14.7. The SMILES string of the molecule is CC1(C)CN(CCCS(=O)(=O)O)c2c1c1c(c3cc4ccc(S(=O)(=O)O)cc4cc23)C=c2c(c3c(c4cc(S(=O)(=O)O)ccc24)=[N+](Cc2ccc(C(=O)O)cc2)CC3(C)C)O1. The van der Waals surface area contributed by atoms with Gasteiger partial charge in [0.05, 0.1) is 43.2 Å². The van der Waals surface area contributed by atoms with Crippen molar-refractivity contribution in [3.8, 4) is 11.5 Å². The molecular weight excluding hydrogens is 845 g/mol. The van der Waals surface area contributed by atoms with E-state index in [9.17, 15) is 48.8 Å². The predicted octanol–water partition coefficient (Wildman–Crippen LogP) is 5.63. The van der Waals surface area contributed by atoms with E-state index in [1.165, 1.54) is 36.4 Å². The number of fused-ring (bicyclic) bond motifs is 13. The third-order valence-electron chi connectivity index (χ3n) is 12.1. The second kappa shape index (κ2) is 13.5. The van der Waals surface area contributed by atoms with Gasteiger partial charge < -0.3 is 14.7 Å². The minimum Gasteiger partial charge on any atom is -0.478 e. The van der Waals surface area contributed by atoms with Crippen molar-refractivity contribution in [2.45, 2.75) is 61.3 Å². The van der Waals surface area contributed by atoms with Gasteiger partial charge in [0.1, 0.15) is 11.5 Å². The highest BCUT2D eigenvalue weighted by Gasteiger charge is 2.46. The minimum absolute atomic E-state index is 0.122. The number of nitrogens with zero attached hydrogens (tertiary/aromatic N) is 2. The highest BCUT2D eigenvalue weighted by Crippen LogP contribution is 2.55. The van der Waals surface area contributed by atoms with Crippen LogP contribution in [0.5, 0.6) is 11.5 Å². The summed E-state index contributed by atoms with van der Waals surface area (Å²) in [6.45, 7) is 9.78. The molecule has 0 bridgehead atoms. The summed E-state index contributed by atoms with van der Waals surface area (Å²) in [5.41, 5.74) is 2.88. The Kier molecular flexibility index (Phi) is 9.09. The molecule has 0 fully saturated rings. The van der Waals surface area contributed by atoms with E-state index in [4.69, 9.17) is 4.74 Å². The van der Waals surface area contributed by atoms with Crippen LogP contribution in [0.2, 0.25) is 0 Å². The monoisotopic (exact) mass is 885 g/mol. The van der Waals surface area contributed by atoms with Crippen LogP contribution in [0, 0.1) is 0 Å². The summed E-state index contributed by atoms with van der Waals surface area (Å²) in [6.07, 6.45) is 2.14. The van der Waals surface area contributed by atoms with Gasteiger partial charge in [-0.3, -0.25) is 13.7 Å². The van der Waals surface area contributed by atoms with Gasteiger partial charge in [-0.1, -0.05) is 38.1 Å². The molecule has 6 aromatic carbocycles. The lowest BCUT2D eigenvalue weighted by Crippen LogP contribution is -2.31. The Morgan fingerprint density at radius 2 is 1.39 bits per heavy atom. The molecule has 3 aliphatic heterocycles. The summed E-state index contributed by atoms with van der Waals surface area (Å²) in [7, 11) is -13.4. The summed E-state index contributed by atoms with van der Waals surface area (Å²) >= 11 is 0. The van der Waals surface area contributed by atoms with Crippen LogP contribution in [0.4, 0.5) is 5.69 Å². The number of ether oxygens (including phenoxy) is 1. The molecule has 0 unspecified atom stereocenters. The van der Waals surface area contributed by atoms with Crippen LogP contribution in [-0.4, -0.2) is 75.4 Å². The molecule has 0 saturated heterocycles. The molecule has 0 aliphatic carbocycles. The van der Waals surface area contributed by atoms with E-state index in [-0.39, 0.29) is 28.3 Å². The third kappa shape index (κ3) is 6.93. The predicted molar refractivity (Wildman–Crippen MR) is 230 cm³/mol. The average Bonchev–Trinajstić information content (AvgIpc) is 3.59. The fourth-order valence-corrected chi connectivity index (χ4v) is 11.1. The lowest BCUT2D eigenvalue weighted by Gasteiger charge is -2.28. The quantitative estimate of drug-likeness (QED) is 0.0787. The van der Waals surface area contributed by atoms with Gasteiger partial charge >= 0.3 is 5.97 Å². The lowest BCUT2D eigenvalue weighted by atomic mass is 9.80. The summed E-state index contributed by atoms with van der Waals surface area (Å²) in [5.74, 6) is -0.370. The topological polar surface area (TPSA) is 216 Å². The number of carboxylic acids is 1.